The molecule has 3 heteroatoms. The number of carbonyl (C=O) groups is 1. The summed E-state index contributed by atoms with van der Waals surface area (Å²) in [5.41, 5.74) is 2.08. The van der Waals surface area contributed by atoms with Crippen LogP contribution in [0.2, 0.25) is 0 Å². The first kappa shape index (κ1) is 12.9. The Labute approximate surface area is 122 Å². The van der Waals surface area contributed by atoms with Gasteiger partial charge in [-0.1, -0.05) is 34.1 Å². The molecule has 1 aliphatic heterocycles. The van der Waals surface area contributed by atoms with Gasteiger partial charge in [0, 0.05) is 28.4 Å². The lowest BCUT2D eigenvalue weighted by molar-refractivity contribution is -0.120. The van der Waals surface area contributed by atoms with Crippen molar-refractivity contribution >= 4 is 21.8 Å². The number of halogens is 1. The van der Waals surface area contributed by atoms with Gasteiger partial charge in [-0.15, -0.1) is 0 Å². The molecule has 0 aromatic heterocycles. The number of benzene rings is 1. The molecule has 95 valence electrons. The number of hydrogen-bond donors (Lipinski definition) is 1. The molecule has 1 unspecified atom stereocenters. The van der Waals surface area contributed by atoms with E-state index in [0.717, 1.165) is 16.1 Å². The Kier molecular flexibility index (Phi) is 3.74. The van der Waals surface area contributed by atoms with Crippen LogP contribution in [0.15, 0.2) is 40.5 Å². The quantitative estimate of drug-likeness (QED) is 0.891. The molecule has 1 aromatic carbocycles. The van der Waals surface area contributed by atoms with E-state index in [4.69, 9.17) is 0 Å². The molecule has 1 atom stereocenters. The molecular weight excluding hydrogens is 302 g/mol. The zero-order chi connectivity index (χ0) is 13.2. The minimum atomic E-state index is 0.0756. The fourth-order valence-corrected chi connectivity index (χ4v) is 2.61. The summed E-state index contributed by atoms with van der Waals surface area (Å²) in [6, 6.07) is 8.15. The molecule has 19 heavy (non-hydrogen) atoms. The van der Waals surface area contributed by atoms with Crippen molar-refractivity contribution in [3.63, 3.8) is 0 Å². The Morgan fingerprint density at radius 3 is 2.47 bits per heavy atom. The van der Waals surface area contributed by atoms with E-state index >= 15 is 0 Å². The lowest BCUT2D eigenvalue weighted by atomic mass is 9.88. The smallest absolute Gasteiger partial charge is 0.225 e. The molecule has 3 rings (SSSR count). The number of amides is 1. The van der Waals surface area contributed by atoms with E-state index in [1.54, 1.807) is 0 Å². The Bertz CT molecular complexity index is 500. The van der Waals surface area contributed by atoms with E-state index < -0.39 is 0 Å². The Morgan fingerprint density at radius 2 is 1.79 bits per heavy atom. The van der Waals surface area contributed by atoms with Gasteiger partial charge in [-0.25, -0.2) is 0 Å². The summed E-state index contributed by atoms with van der Waals surface area (Å²) in [4.78, 5) is 11.9. The molecular formula is C16H13BrNO. The van der Waals surface area contributed by atoms with Crippen molar-refractivity contribution in [2.45, 2.75) is 12.3 Å². The average Bonchev–Trinajstić information content (AvgIpc) is 2.93. The first-order valence-corrected chi connectivity index (χ1v) is 7.01. The van der Waals surface area contributed by atoms with Crippen molar-refractivity contribution < 1.29 is 4.79 Å². The van der Waals surface area contributed by atoms with Crippen LogP contribution in [-0.2, 0) is 4.79 Å². The highest BCUT2D eigenvalue weighted by molar-refractivity contribution is 9.10. The predicted molar refractivity (Wildman–Crippen MR) is 78.2 cm³/mol. The molecule has 1 heterocycles. The van der Waals surface area contributed by atoms with Crippen LogP contribution in [0.25, 0.3) is 0 Å². The Morgan fingerprint density at radius 1 is 1.11 bits per heavy atom. The second-order valence-electron chi connectivity index (χ2n) is 4.66. The second-order valence-corrected chi connectivity index (χ2v) is 5.58. The maximum absolute atomic E-state index is 11.9. The van der Waals surface area contributed by atoms with Crippen molar-refractivity contribution in [3.8, 4) is 0 Å². The van der Waals surface area contributed by atoms with E-state index in [9.17, 15) is 4.79 Å². The standard InChI is InChI=1S/C16H13BrNO/c17-14-7-5-11(6-8-14)13-9-15(18-16(19)10-13)12-3-1-2-4-12/h1-9,13H,10H2,(H,18,19). The Balaban J connectivity index is 1.85. The lowest BCUT2D eigenvalue weighted by Gasteiger charge is -2.25. The fraction of sp³-hybridized carbons (Fsp3) is 0.125. The van der Waals surface area contributed by atoms with Crippen molar-refractivity contribution in [3.05, 3.63) is 77.7 Å². The van der Waals surface area contributed by atoms with Crippen LogP contribution in [-0.4, -0.2) is 5.91 Å². The topological polar surface area (TPSA) is 29.1 Å². The van der Waals surface area contributed by atoms with Crippen molar-refractivity contribution in [2.75, 3.05) is 0 Å². The van der Waals surface area contributed by atoms with E-state index in [0.29, 0.717) is 6.42 Å². The SMILES string of the molecule is O=C1CC(c2ccc(Br)cc2)C=C([C]2[CH][CH][CH][CH]2)N1. The molecule has 1 aliphatic carbocycles. The number of rotatable bonds is 2. The minimum absolute atomic E-state index is 0.0756. The van der Waals surface area contributed by atoms with Gasteiger partial charge in [0.2, 0.25) is 5.91 Å². The van der Waals surface area contributed by atoms with Gasteiger partial charge in [0.15, 0.2) is 0 Å². The van der Waals surface area contributed by atoms with E-state index in [2.05, 4.69) is 39.5 Å². The monoisotopic (exact) mass is 314 g/mol. The third kappa shape index (κ3) is 2.92. The van der Waals surface area contributed by atoms with E-state index in [1.807, 2.05) is 37.8 Å². The van der Waals surface area contributed by atoms with Crippen molar-refractivity contribution in [1.82, 2.24) is 5.32 Å². The maximum Gasteiger partial charge on any atom is 0.225 e. The van der Waals surface area contributed by atoms with Crippen LogP contribution in [0.1, 0.15) is 17.9 Å². The minimum Gasteiger partial charge on any atom is -0.329 e. The van der Waals surface area contributed by atoms with Gasteiger partial charge in [0.25, 0.3) is 0 Å². The van der Waals surface area contributed by atoms with Gasteiger partial charge in [0.05, 0.1) is 0 Å². The molecule has 1 saturated carbocycles. The summed E-state index contributed by atoms with van der Waals surface area (Å²) in [5, 5.41) is 2.94. The summed E-state index contributed by atoms with van der Waals surface area (Å²) in [6.07, 6.45) is 10.6. The van der Waals surface area contributed by atoms with Crippen LogP contribution in [0, 0.1) is 31.6 Å². The van der Waals surface area contributed by atoms with Gasteiger partial charge in [0.1, 0.15) is 0 Å². The third-order valence-corrected chi connectivity index (χ3v) is 3.85. The van der Waals surface area contributed by atoms with Gasteiger partial charge in [-0.3, -0.25) is 4.79 Å². The lowest BCUT2D eigenvalue weighted by Crippen LogP contribution is -2.31. The molecule has 2 nitrogen and oxygen atoms in total. The summed E-state index contributed by atoms with van der Waals surface area (Å²) >= 11 is 3.43. The molecule has 1 N–H and O–H groups in total. The molecule has 2 aliphatic rings. The summed E-state index contributed by atoms with van der Waals surface area (Å²) < 4.78 is 1.05. The van der Waals surface area contributed by atoms with Gasteiger partial charge in [-0.05, 0) is 43.4 Å². The molecule has 0 saturated heterocycles. The van der Waals surface area contributed by atoms with Crippen LogP contribution in [0.4, 0.5) is 0 Å². The predicted octanol–water partition coefficient (Wildman–Crippen LogP) is 3.34. The highest BCUT2D eigenvalue weighted by atomic mass is 79.9. The van der Waals surface area contributed by atoms with Crippen LogP contribution < -0.4 is 5.32 Å². The van der Waals surface area contributed by atoms with Crippen molar-refractivity contribution in [2.24, 2.45) is 0 Å². The highest BCUT2D eigenvalue weighted by Gasteiger charge is 2.28. The van der Waals surface area contributed by atoms with E-state index in [1.165, 1.54) is 5.56 Å². The summed E-state index contributed by atoms with van der Waals surface area (Å²) in [7, 11) is 0. The summed E-state index contributed by atoms with van der Waals surface area (Å²) in [5.74, 6) is 1.29. The molecule has 1 amide bonds. The highest BCUT2D eigenvalue weighted by Crippen LogP contribution is 2.34. The van der Waals surface area contributed by atoms with Gasteiger partial charge in [-0.2, -0.15) is 0 Å². The van der Waals surface area contributed by atoms with Crippen LogP contribution >= 0.6 is 15.9 Å². The molecule has 0 bridgehead atoms. The normalized spacial score (nSPS) is 24.2. The second kappa shape index (κ2) is 5.49. The third-order valence-electron chi connectivity index (χ3n) is 3.32. The first-order chi connectivity index (χ1) is 9.22. The number of hydrogen-bond acceptors (Lipinski definition) is 1. The molecule has 1 fully saturated rings. The zero-order valence-corrected chi connectivity index (χ0v) is 11.9. The number of nitrogens with one attached hydrogen (secondary N) is 1. The van der Waals surface area contributed by atoms with Crippen LogP contribution in [0.5, 0.6) is 0 Å². The number of allylic oxidation sites excluding steroid dienone is 2. The largest absolute Gasteiger partial charge is 0.329 e. The average molecular weight is 315 g/mol. The number of carbonyl (C=O) groups excluding carboxylic acids is 1. The maximum atomic E-state index is 11.9. The Hall–Kier alpha value is -1.09. The van der Waals surface area contributed by atoms with Gasteiger partial charge >= 0.3 is 0 Å². The molecule has 1 aromatic rings. The first-order valence-electron chi connectivity index (χ1n) is 6.21. The molecule has 0 spiro atoms. The fourth-order valence-electron chi connectivity index (χ4n) is 2.35. The van der Waals surface area contributed by atoms with Crippen LogP contribution in [0.3, 0.4) is 0 Å². The molecule has 5 radical (unpaired) electrons. The van der Waals surface area contributed by atoms with E-state index in [-0.39, 0.29) is 11.8 Å². The van der Waals surface area contributed by atoms with Gasteiger partial charge < -0.3 is 5.32 Å². The summed E-state index contributed by atoms with van der Waals surface area (Å²) in [6.45, 7) is 0. The zero-order valence-electron chi connectivity index (χ0n) is 10.3. The van der Waals surface area contributed by atoms with Crippen molar-refractivity contribution in [1.29, 1.82) is 0 Å².